The smallest absolute Gasteiger partial charge is 0.237 e. The zero-order valence-corrected chi connectivity index (χ0v) is 9.90. The van der Waals surface area contributed by atoms with Gasteiger partial charge in [-0.25, -0.2) is 0 Å². The summed E-state index contributed by atoms with van der Waals surface area (Å²) < 4.78 is 10.6. The summed E-state index contributed by atoms with van der Waals surface area (Å²) in [6.07, 6.45) is 0.553. The van der Waals surface area contributed by atoms with Crippen LogP contribution in [0.3, 0.4) is 0 Å². The van der Waals surface area contributed by atoms with Crippen LogP contribution in [0.5, 0.6) is 0 Å². The molecule has 0 aromatic carbocycles. The predicted octanol–water partition coefficient (Wildman–Crippen LogP) is -1.89. The Bertz CT molecular complexity index is 289. The van der Waals surface area contributed by atoms with Crippen molar-refractivity contribution in [2.75, 3.05) is 26.9 Å². The third-order valence-electron chi connectivity index (χ3n) is 2.84. The first-order valence-electron chi connectivity index (χ1n) is 5.43. The van der Waals surface area contributed by atoms with Gasteiger partial charge in [-0.15, -0.1) is 0 Å². The number of carbonyl (C=O) groups is 2. The lowest BCUT2D eigenvalue weighted by molar-refractivity contribution is -0.127. The second-order valence-corrected chi connectivity index (χ2v) is 4.18. The van der Waals surface area contributed by atoms with Gasteiger partial charge >= 0.3 is 0 Å². The summed E-state index contributed by atoms with van der Waals surface area (Å²) in [6, 6.07) is -0.913. The van der Waals surface area contributed by atoms with Gasteiger partial charge in [0, 0.05) is 26.7 Å². The Balaban J connectivity index is 2.38. The van der Waals surface area contributed by atoms with Gasteiger partial charge in [-0.05, 0) is 0 Å². The largest absolute Gasteiger partial charge is 0.378 e. The monoisotopic (exact) mass is 245 g/mol. The minimum absolute atomic E-state index is 0.164. The van der Waals surface area contributed by atoms with Crippen molar-refractivity contribution in [1.82, 2.24) is 5.32 Å². The normalized spacial score (nSPS) is 25.5. The lowest BCUT2D eigenvalue weighted by Gasteiger charge is -2.26. The minimum Gasteiger partial charge on any atom is -0.378 e. The molecule has 2 atom stereocenters. The topological polar surface area (TPSA) is 117 Å². The molecule has 1 rings (SSSR count). The number of hydrogen-bond donors (Lipinski definition) is 3. The summed E-state index contributed by atoms with van der Waals surface area (Å²) in [4.78, 5) is 22.2. The number of ether oxygens (including phenoxy) is 2. The maximum Gasteiger partial charge on any atom is 0.237 e. The highest BCUT2D eigenvalue weighted by Gasteiger charge is 2.35. The molecular formula is C10H19N3O4. The van der Waals surface area contributed by atoms with E-state index in [1.165, 1.54) is 0 Å². The summed E-state index contributed by atoms with van der Waals surface area (Å²) in [5.74, 6) is -1.01. The Kier molecular flexibility index (Phi) is 4.86. The first-order chi connectivity index (χ1) is 7.99. The molecule has 1 heterocycles. The zero-order valence-electron chi connectivity index (χ0n) is 9.90. The average molecular weight is 245 g/mol. The van der Waals surface area contributed by atoms with E-state index in [-0.39, 0.29) is 6.42 Å². The van der Waals surface area contributed by atoms with Crippen molar-refractivity contribution in [3.05, 3.63) is 0 Å². The fourth-order valence-electron chi connectivity index (χ4n) is 1.65. The molecule has 1 fully saturated rings. The fourth-order valence-corrected chi connectivity index (χ4v) is 1.65. The van der Waals surface area contributed by atoms with E-state index < -0.39 is 23.5 Å². The van der Waals surface area contributed by atoms with Gasteiger partial charge in [-0.1, -0.05) is 0 Å². The van der Waals surface area contributed by atoms with E-state index in [0.717, 1.165) is 6.42 Å². The second-order valence-electron chi connectivity index (χ2n) is 4.18. The summed E-state index contributed by atoms with van der Waals surface area (Å²) >= 11 is 0. The zero-order chi connectivity index (χ0) is 12.9. The van der Waals surface area contributed by atoms with E-state index in [1.54, 1.807) is 7.11 Å². The van der Waals surface area contributed by atoms with Gasteiger partial charge < -0.3 is 26.3 Å². The van der Waals surface area contributed by atoms with Crippen LogP contribution in [0, 0.1) is 0 Å². The van der Waals surface area contributed by atoms with Gasteiger partial charge in [0.2, 0.25) is 11.8 Å². The Morgan fingerprint density at radius 1 is 1.59 bits per heavy atom. The van der Waals surface area contributed by atoms with Crippen molar-refractivity contribution < 1.29 is 19.1 Å². The molecule has 0 bridgehead atoms. The van der Waals surface area contributed by atoms with Crippen LogP contribution >= 0.6 is 0 Å². The molecule has 0 radical (unpaired) electrons. The molecule has 1 aliphatic rings. The van der Waals surface area contributed by atoms with Crippen LogP contribution in [-0.4, -0.2) is 50.3 Å². The van der Waals surface area contributed by atoms with Gasteiger partial charge in [-0.3, -0.25) is 9.59 Å². The number of primary amides is 1. The molecule has 0 saturated carbocycles. The van der Waals surface area contributed by atoms with Crippen LogP contribution in [0.1, 0.15) is 12.8 Å². The predicted molar refractivity (Wildman–Crippen MR) is 60.0 cm³/mol. The highest BCUT2D eigenvalue weighted by molar-refractivity contribution is 5.87. The van der Waals surface area contributed by atoms with Gasteiger partial charge in [0.25, 0.3) is 0 Å². The first-order valence-corrected chi connectivity index (χ1v) is 5.43. The summed E-state index contributed by atoms with van der Waals surface area (Å²) in [5.41, 5.74) is 9.98. The van der Waals surface area contributed by atoms with E-state index in [2.05, 4.69) is 5.32 Å². The Morgan fingerprint density at radius 2 is 2.29 bits per heavy atom. The number of nitrogens with one attached hydrogen (secondary N) is 1. The van der Waals surface area contributed by atoms with Crippen LogP contribution in [0.25, 0.3) is 0 Å². The van der Waals surface area contributed by atoms with Crippen molar-refractivity contribution in [3.63, 3.8) is 0 Å². The molecule has 0 aromatic rings. The Morgan fingerprint density at radius 3 is 2.76 bits per heavy atom. The summed E-state index contributed by atoms with van der Waals surface area (Å²) in [6.45, 7) is 1.36. The number of rotatable bonds is 6. The molecular weight excluding hydrogens is 226 g/mol. The average Bonchev–Trinajstić information content (AvgIpc) is 2.74. The molecule has 98 valence electrons. The van der Waals surface area contributed by atoms with E-state index >= 15 is 0 Å². The molecule has 0 aliphatic carbocycles. The number of hydrogen-bond acceptors (Lipinski definition) is 5. The van der Waals surface area contributed by atoms with E-state index in [1.807, 2.05) is 0 Å². The summed E-state index contributed by atoms with van der Waals surface area (Å²) in [5, 5.41) is 2.64. The van der Waals surface area contributed by atoms with Crippen molar-refractivity contribution in [1.29, 1.82) is 0 Å². The molecule has 1 aliphatic heterocycles. The van der Waals surface area contributed by atoms with Crippen LogP contribution in [-0.2, 0) is 19.1 Å². The van der Waals surface area contributed by atoms with Gasteiger partial charge in [0.1, 0.15) is 5.60 Å². The highest BCUT2D eigenvalue weighted by Crippen LogP contribution is 2.21. The first kappa shape index (κ1) is 13.9. The molecule has 17 heavy (non-hydrogen) atoms. The molecule has 2 amide bonds. The quantitative estimate of drug-likeness (QED) is 0.506. The SMILES string of the molecule is COC1(CNC(=O)C(N)CC(N)=O)CCOC1. The fraction of sp³-hybridized carbons (Fsp3) is 0.800. The van der Waals surface area contributed by atoms with Crippen molar-refractivity contribution in [2.45, 2.75) is 24.5 Å². The maximum absolute atomic E-state index is 11.6. The van der Waals surface area contributed by atoms with Crippen molar-refractivity contribution in [2.24, 2.45) is 11.5 Å². The molecule has 2 unspecified atom stereocenters. The summed E-state index contributed by atoms with van der Waals surface area (Å²) in [7, 11) is 1.57. The maximum atomic E-state index is 11.6. The second kappa shape index (κ2) is 5.95. The number of amides is 2. The van der Waals surface area contributed by atoms with Crippen molar-refractivity contribution in [3.8, 4) is 0 Å². The van der Waals surface area contributed by atoms with E-state index in [4.69, 9.17) is 20.9 Å². The number of nitrogens with two attached hydrogens (primary N) is 2. The molecule has 7 heteroatoms. The lowest BCUT2D eigenvalue weighted by atomic mass is 10.0. The minimum atomic E-state index is -0.913. The molecule has 0 aromatic heterocycles. The van der Waals surface area contributed by atoms with Crippen LogP contribution in [0.2, 0.25) is 0 Å². The van der Waals surface area contributed by atoms with Gasteiger partial charge in [0.15, 0.2) is 0 Å². The van der Waals surface area contributed by atoms with Gasteiger partial charge in [0.05, 0.1) is 19.1 Å². The van der Waals surface area contributed by atoms with E-state index in [0.29, 0.717) is 19.8 Å². The highest BCUT2D eigenvalue weighted by atomic mass is 16.5. The van der Waals surface area contributed by atoms with Crippen LogP contribution in [0.4, 0.5) is 0 Å². The number of methoxy groups -OCH3 is 1. The van der Waals surface area contributed by atoms with Gasteiger partial charge in [-0.2, -0.15) is 0 Å². The third-order valence-corrected chi connectivity index (χ3v) is 2.84. The van der Waals surface area contributed by atoms with Crippen LogP contribution in [0.15, 0.2) is 0 Å². The molecule has 7 nitrogen and oxygen atoms in total. The Labute approximate surface area is 99.8 Å². The Hall–Kier alpha value is -1.18. The van der Waals surface area contributed by atoms with Crippen molar-refractivity contribution >= 4 is 11.8 Å². The number of carbonyl (C=O) groups excluding carboxylic acids is 2. The van der Waals surface area contributed by atoms with Crippen LogP contribution < -0.4 is 16.8 Å². The molecule has 1 saturated heterocycles. The third kappa shape index (κ3) is 3.95. The molecule has 5 N–H and O–H groups in total. The standard InChI is InChI=1S/C10H19N3O4/c1-16-10(2-3-17-6-10)5-13-9(15)7(11)4-8(12)14/h7H,2-6,11H2,1H3,(H2,12,14)(H,13,15). The molecule has 0 spiro atoms. The van der Waals surface area contributed by atoms with E-state index in [9.17, 15) is 9.59 Å². The lowest BCUT2D eigenvalue weighted by Crippen LogP contribution is -2.50.